The van der Waals surface area contributed by atoms with Gasteiger partial charge in [-0.1, -0.05) is 18.2 Å². The lowest BCUT2D eigenvalue weighted by Crippen LogP contribution is -2.43. The molecule has 15 heavy (non-hydrogen) atoms. The van der Waals surface area contributed by atoms with Crippen LogP contribution in [-0.2, 0) is 4.79 Å². The summed E-state index contributed by atoms with van der Waals surface area (Å²) in [6.45, 7) is 1.63. The highest BCUT2D eigenvalue weighted by atomic mass is 32.1. The number of nitrogens with one attached hydrogen (secondary N) is 1. The molecule has 0 aliphatic heterocycles. The number of thiocarbonyl (C=S) groups is 1. The van der Waals surface area contributed by atoms with Crippen LogP contribution in [0.1, 0.15) is 6.92 Å². The van der Waals surface area contributed by atoms with Crippen LogP contribution in [0, 0.1) is 0 Å². The average Bonchev–Trinajstić information content (AvgIpc) is 2.18. The van der Waals surface area contributed by atoms with E-state index in [0.29, 0.717) is 5.75 Å². The van der Waals surface area contributed by atoms with Gasteiger partial charge in [0, 0.05) is 0 Å². The van der Waals surface area contributed by atoms with Crippen LogP contribution in [0.3, 0.4) is 0 Å². The van der Waals surface area contributed by atoms with E-state index >= 15 is 0 Å². The summed E-state index contributed by atoms with van der Waals surface area (Å²) < 4.78 is 5.06. The van der Waals surface area contributed by atoms with Crippen LogP contribution in [0.5, 0.6) is 5.75 Å². The van der Waals surface area contributed by atoms with Crippen molar-refractivity contribution in [2.75, 3.05) is 0 Å². The Morgan fingerprint density at radius 3 is 2.60 bits per heavy atom. The van der Waals surface area contributed by atoms with Crippen molar-refractivity contribution in [3.63, 3.8) is 0 Å². The minimum absolute atomic E-state index is 0.0764. The van der Waals surface area contributed by atoms with E-state index in [2.05, 4.69) is 17.5 Å². The summed E-state index contributed by atoms with van der Waals surface area (Å²) >= 11 is 4.61. The van der Waals surface area contributed by atoms with E-state index in [9.17, 15) is 4.79 Å². The molecule has 0 unspecified atom stereocenters. The second kappa shape index (κ2) is 5.31. The second-order valence-corrected chi connectivity index (χ2v) is 3.40. The number of nitrogens with two attached hydrogens (primary N) is 1. The zero-order valence-electron chi connectivity index (χ0n) is 8.27. The van der Waals surface area contributed by atoms with Crippen LogP contribution in [0.2, 0.25) is 0 Å². The SMILES string of the molecule is C[C@H](NC(N)=S)C(=O)Oc1ccccc1. The van der Waals surface area contributed by atoms with Gasteiger partial charge in [0.2, 0.25) is 0 Å². The first kappa shape index (κ1) is 11.5. The van der Waals surface area contributed by atoms with Gasteiger partial charge in [-0.05, 0) is 31.3 Å². The molecular weight excluding hydrogens is 212 g/mol. The monoisotopic (exact) mass is 224 g/mol. The normalized spacial score (nSPS) is 11.5. The highest BCUT2D eigenvalue weighted by Crippen LogP contribution is 2.08. The number of rotatable bonds is 3. The lowest BCUT2D eigenvalue weighted by Gasteiger charge is -2.12. The number of ether oxygens (including phenoxy) is 1. The Labute approximate surface area is 93.4 Å². The Balaban J connectivity index is 2.52. The van der Waals surface area contributed by atoms with Gasteiger partial charge < -0.3 is 15.8 Å². The van der Waals surface area contributed by atoms with Crippen LogP contribution in [-0.4, -0.2) is 17.1 Å². The fourth-order valence-electron chi connectivity index (χ4n) is 0.965. The molecule has 0 saturated heterocycles. The maximum Gasteiger partial charge on any atom is 0.333 e. The molecule has 5 heteroatoms. The van der Waals surface area contributed by atoms with Crippen molar-refractivity contribution in [2.45, 2.75) is 13.0 Å². The minimum atomic E-state index is -0.553. The van der Waals surface area contributed by atoms with Crippen LogP contribution in [0.15, 0.2) is 30.3 Å². The summed E-state index contributed by atoms with van der Waals surface area (Å²) in [7, 11) is 0. The van der Waals surface area contributed by atoms with Crippen molar-refractivity contribution in [2.24, 2.45) is 5.73 Å². The van der Waals surface area contributed by atoms with Gasteiger partial charge in [0.15, 0.2) is 5.11 Å². The molecular formula is C10H12N2O2S. The van der Waals surface area contributed by atoms with E-state index in [1.54, 1.807) is 31.2 Å². The molecule has 0 aliphatic rings. The maximum absolute atomic E-state index is 11.4. The Morgan fingerprint density at radius 2 is 2.07 bits per heavy atom. The van der Waals surface area contributed by atoms with Gasteiger partial charge in [-0.2, -0.15) is 0 Å². The van der Waals surface area contributed by atoms with Crippen molar-refractivity contribution in [1.82, 2.24) is 5.32 Å². The minimum Gasteiger partial charge on any atom is -0.425 e. The molecule has 0 bridgehead atoms. The lowest BCUT2D eigenvalue weighted by atomic mass is 10.3. The molecule has 1 atom stereocenters. The van der Waals surface area contributed by atoms with Crippen molar-refractivity contribution >= 4 is 23.3 Å². The Kier molecular flexibility index (Phi) is 4.05. The lowest BCUT2D eigenvalue weighted by molar-refractivity contribution is -0.135. The van der Waals surface area contributed by atoms with E-state index in [4.69, 9.17) is 10.5 Å². The molecule has 1 aromatic rings. The molecule has 0 spiro atoms. The topological polar surface area (TPSA) is 64.3 Å². The highest BCUT2D eigenvalue weighted by Gasteiger charge is 2.14. The van der Waals surface area contributed by atoms with Crippen LogP contribution >= 0.6 is 12.2 Å². The number of carbonyl (C=O) groups excluding carboxylic acids is 1. The fourth-order valence-corrected chi connectivity index (χ4v) is 1.14. The summed E-state index contributed by atoms with van der Waals surface area (Å²) in [6, 6.07) is 8.26. The third-order valence-electron chi connectivity index (χ3n) is 1.67. The first-order valence-corrected chi connectivity index (χ1v) is 4.83. The van der Waals surface area contributed by atoms with Gasteiger partial charge in [0.1, 0.15) is 11.8 Å². The molecule has 0 aromatic heterocycles. The molecule has 0 radical (unpaired) electrons. The Morgan fingerprint density at radius 1 is 1.47 bits per heavy atom. The molecule has 1 aromatic carbocycles. The summed E-state index contributed by atoms with van der Waals surface area (Å²) in [6.07, 6.45) is 0. The molecule has 80 valence electrons. The molecule has 0 amide bonds. The summed E-state index contributed by atoms with van der Waals surface area (Å²) in [4.78, 5) is 11.4. The van der Waals surface area contributed by atoms with Crippen molar-refractivity contribution in [3.8, 4) is 5.75 Å². The van der Waals surface area contributed by atoms with Gasteiger partial charge in [-0.15, -0.1) is 0 Å². The standard InChI is InChI=1S/C10H12N2O2S/c1-7(12-10(11)15)9(13)14-8-5-3-2-4-6-8/h2-7H,1H3,(H3,11,12,15)/t7-/m0/s1. The van der Waals surface area contributed by atoms with Crippen molar-refractivity contribution < 1.29 is 9.53 Å². The number of hydrogen-bond acceptors (Lipinski definition) is 3. The van der Waals surface area contributed by atoms with E-state index in [0.717, 1.165) is 0 Å². The number of esters is 1. The molecule has 4 nitrogen and oxygen atoms in total. The summed E-state index contributed by atoms with van der Waals surface area (Å²) in [5.41, 5.74) is 5.24. The predicted octanol–water partition coefficient (Wildman–Crippen LogP) is 0.814. The largest absolute Gasteiger partial charge is 0.425 e. The van der Waals surface area contributed by atoms with E-state index in [1.165, 1.54) is 0 Å². The van der Waals surface area contributed by atoms with Crippen LogP contribution in [0.4, 0.5) is 0 Å². The van der Waals surface area contributed by atoms with Crippen LogP contribution in [0.25, 0.3) is 0 Å². The molecule has 0 aliphatic carbocycles. The molecule has 0 saturated carbocycles. The van der Waals surface area contributed by atoms with E-state index in [1.807, 2.05) is 6.07 Å². The zero-order chi connectivity index (χ0) is 11.3. The number of para-hydroxylation sites is 1. The predicted molar refractivity (Wildman–Crippen MR) is 61.5 cm³/mol. The van der Waals surface area contributed by atoms with Crippen molar-refractivity contribution in [1.29, 1.82) is 0 Å². The van der Waals surface area contributed by atoms with E-state index in [-0.39, 0.29) is 5.11 Å². The quantitative estimate of drug-likeness (QED) is 0.452. The average molecular weight is 224 g/mol. The van der Waals surface area contributed by atoms with Gasteiger partial charge in [-0.25, -0.2) is 4.79 Å². The molecule has 0 heterocycles. The third-order valence-corrected chi connectivity index (χ3v) is 1.79. The Bertz CT molecular complexity index is 354. The third kappa shape index (κ3) is 3.95. The number of benzene rings is 1. The molecule has 1 rings (SSSR count). The van der Waals surface area contributed by atoms with E-state index < -0.39 is 12.0 Å². The highest BCUT2D eigenvalue weighted by molar-refractivity contribution is 7.80. The fraction of sp³-hybridized carbons (Fsp3) is 0.200. The van der Waals surface area contributed by atoms with Gasteiger partial charge in [-0.3, -0.25) is 0 Å². The Hall–Kier alpha value is -1.62. The van der Waals surface area contributed by atoms with Crippen LogP contribution < -0.4 is 15.8 Å². The number of hydrogen-bond donors (Lipinski definition) is 2. The van der Waals surface area contributed by atoms with Gasteiger partial charge in [0.25, 0.3) is 0 Å². The maximum atomic E-state index is 11.4. The molecule has 0 fully saturated rings. The number of carbonyl (C=O) groups is 1. The first-order valence-electron chi connectivity index (χ1n) is 4.42. The summed E-state index contributed by atoms with van der Waals surface area (Å²) in [5, 5.41) is 2.67. The second-order valence-electron chi connectivity index (χ2n) is 2.96. The van der Waals surface area contributed by atoms with Gasteiger partial charge in [0.05, 0.1) is 0 Å². The first-order chi connectivity index (χ1) is 7.09. The smallest absolute Gasteiger partial charge is 0.333 e. The zero-order valence-corrected chi connectivity index (χ0v) is 9.08. The van der Waals surface area contributed by atoms with Crippen molar-refractivity contribution in [3.05, 3.63) is 30.3 Å². The van der Waals surface area contributed by atoms with Gasteiger partial charge >= 0.3 is 5.97 Å². The summed E-state index contributed by atoms with van der Waals surface area (Å²) in [5.74, 6) is 0.0769. The molecule has 3 N–H and O–H groups in total.